The third-order valence-electron chi connectivity index (χ3n) is 7.75. The lowest BCUT2D eigenvalue weighted by Crippen LogP contribution is -2.53. The Balaban J connectivity index is 1.61. The maximum atomic E-state index is 14.6. The van der Waals surface area contributed by atoms with Crippen LogP contribution in [0.15, 0.2) is 29.2 Å². The molecule has 3 N–H and O–H groups in total. The van der Waals surface area contributed by atoms with Gasteiger partial charge in [-0.1, -0.05) is 18.2 Å². The highest BCUT2D eigenvalue weighted by atomic mass is 19.3. The molecule has 3 fully saturated rings. The number of fused-ring (bicyclic) bond motifs is 4. The highest BCUT2D eigenvalue weighted by Crippen LogP contribution is 2.50. The van der Waals surface area contributed by atoms with Gasteiger partial charge in [0.25, 0.3) is 12.0 Å². The highest BCUT2D eigenvalue weighted by molar-refractivity contribution is 5.90. The van der Waals surface area contributed by atoms with Crippen LogP contribution in [0.1, 0.15) is 73.7 Å². The van der Waals surface area contributed by atoms with Crippen molar-refractivity contribution in [2.45, 2.75) is 76.2 Å². The SMILES string of the molecule is Cc1nc(NC(O)c2cccc(C(F)F)c2F)c2cn(C34CCC(O)(CC3)CC4)c(=O)c(C)c2n1. The normalized spacial score (nSPS) is 24.8. The van der Waals surface area contributed by atoms with Crippen molar-refractivity contribution in [3.63, 3.8) is 0 Å². The van der Waals surface area contributed by atoms with Crippen molar-refractivity contribution >= 4 is 16.7 Å². The molecule has 0 amide bonds. The summed E-state index contributed by atoms with van der Waals surface area (Å²) in [5.41, 5.74) is -1.60. The number of aromatic nitrogens is 3. The van der Waals surface area contributed by atoms with E-state index in [1.165, 1.54) is 12.1 Å². The van der Waals surface area contributed by atoms with E-state index >= 15 is 0 Å². The molecule has 6 rings (SSSR count). The zero-order valence-corrected chi connectivity index (χ0v) is 19.5. The molecule has 3 aromatic rings. The Morgan fingerprint density at radius 3 is 2.31 bits per heavy atom. The quantitative estimate of drug-likeness (QED) is 0.461. The number of hydrogen-bond acceptors (Lipinski definition) is 6. The Hall–Kier alpha value is -2.98. The van der Waals surface area contributed by atoms with Crippen LogP contribution in [-0.4, -0.2) is 30.3 Å². The predicted octanol–water partition coefficient (Wildman–Crippen LogP) is 4.38. The molecule has 35 heavy (non-hydrogen) atoms. The zero-order valence-electron chi connectivity index (χ0n) is 19.5. The number of nitrogens with zero attached hydrogens (tertiary/aromatic N) is 3. The van der Waals surface area contributed by atoms with Gasteiger partial charge in [0.2, 0.25) is 0 Å². The summed E-state index contributed by atoms with van der Waals surface area (Å²) in [6.45, 7) is 3.31. The molecule has 7 nitrogen and oxygen atoms in total. The van der Waals surface area contributed by atoms with Gasteiger partial charge in [0.05, 0.1) is 22.1 Å². The van der Waals surface area contributed by atoms with E-state index in [1.807, 2.05) is 0 Å². The third-order valence-corrected chi connectivity index (χ3v) is 7.75. The number of alkyl halides is 2. The molecule has 2 aromatic heterocycles. The number of pyridine rings is 1. The Labute approximate surface area is 199 Å². The summed E-state index contributed by atoms with van der Waals surface area (Å²) >= 11 is 0. The Kier molecular flexibility index (Phi) is 5.63. The number of rotatable bonds is 5. The average molecular weight is 489 g/mol. The first kappa shape index (κ1) is 23.7. The number of benzene rings is 1. The van der Waals surface area contributed by atoms with E-state index in [1.54, 1.807) is 24.6 Å². The summed E-state index contributed by atoms with van der Waals surface area (Å²) < 4.78 is 42.7. The van der Waals surface area contributed by atoms with Gasteiger partial charge in [0.1, 0.15) is 17.5 Å². The molecule has 2 bridgehead atoms. The Morgan fingerprint density at radius 1 is 1.06 bits per heavy atom. The minimum atomic E-state index is -3.02. The summed E-state index contributed by atoms with van der Waals surface area (Å²) in [5.74, 6) is -0.701. The second kappa shape index (κ2) is 8.30. The second-order valence-electron chi connectivity index (χ2n) is 9.86. The van der Waals surface area contributed by atoms with Gasteiger partial charge in [-0.05, 0) is 52.4 Å². The van der Waals surface area contributed by atoms with Crippen LogP contribution in [0.3, 0.4) is 0 Å². The lowest BCUT2D eigenvalue weighted by molar-refractivity contribution is -0.0865. The van der Waals surface area contributed by atoms with E-state index in [2.05, 4.69) is 15.3 Å². The van der Waals surface area contributed by atoms with Gasteiger partial charge in [-0.3, -0.25) is 4.79 Å². The maximum absolute atomic E-state index is 14.6. The first-order valence-corrected chi connectivity index (χ1v) is 11.7. The fraction of sp³-hybridized carbons (Fsp3) is 0.480. The Bertz CT molecular complexity index is 1350. The van der Waals surface area contributed by atoms with Gasteiger partial charge < -0.3 is 20.1 Å². The summed E-state index contributed by atoms with van der Waals surface area (Å²) in [6.07, 6.45) is 0.822. The minimum absolute atomic E-state index is 0.165. The number of aliphatic hydroxyl groups is 2. The smallest absolute Gasteiger partial charge is 0.266 e. The molecule has 1 unspecified atom stereocenters. The lowest BCUT2D eigenvalue weighted by Gasteiger charge is -2.51. The van der Waals surface area contributed by atoms with Gasteiger partial charge in [0.15, 0.2) is 6.23 Å². The summed E-state index contributed by atoms with van der Waals surface area (Å²) in [4.78, 5) is 22.2. The molecule has 0 saturated heterocycles. The van der Waals surface area contributed by atoms with Crippen LogP contribution in [0.5, 0.6) is 0 Å². The predicted molar refractivity (Wildman–Crippen MR) is 124 cm³/mol. The maximum Gasteiger partial charge on any atom is 0.266 e. The number of anilines is 1. The first-order chi connectivity index (χ1) is 16.5. The molecule has 1 atom stereocenters. The minimum Gasteiger partial charge on any atom is -0.390 e. The number of nitrogens with one attached hydrogen (secondary N) is 1. The molecule has 0 aliphatic heterocycles. The van der Waals surface area contributed by atoms with Crippen molar-refractivity contribution in [2.75, 3.05) is 5.32 Å². The van der Waals surface area contributed by atoms with Crippen molar-refractivity contribution in [2.24, 2.45) is 0 Å². The van der Waals surface area contributed by atoms with Crippen molar-refractivity contribution in [3.8, 4) is 0 Å². The first-order valence-electron chi connectivity index (χ1n) is 11.7. The monoisotopic (exact) mass is 488 g/mol. The van der Waals surface area contributed by atoms with Crippen LogP contribution in [0.2, 0.25) is 0 Å². The average Bonchev–Trinajstić information content (AvgIpc) is 2.82. The topological polar surface area (TPSA) is 100 Å². The zero-order chi connectivity index (χ0) is 25.1. The molecule has 0 radical (unpaired) electrons. The third kappa shape index (κ3) is 3.88. The van der Waals surface area contributed by atoms with Crippen molar-refractivity contribution in [3.05, 3.63) is 63.1 Å². The molecular weight excluding hydrogens is 461 g/mol. The van der Waals surface area contributed by atoms with Crippen LogP contribution < -0.4 is 10.9 Å². The highest BCUT2D eigenvalue weighted by Gasteiger charge is 2.49. The van der Waals surface area contributed by atoms with E-state index in [0.29, 0.717) is 60.8 Å². The lowest BCUT2D eigenvalue weighted by atomic mass is 9.63. The molecule has 0 spiro atoms. The van der Waals surface area contributed by atoms with Crippen LogP contribution in [0.25, 0.3) is 10.9 Å². The second-order valence-corrected chi connectivity index (χ2v) is 9.86. The fourth-order valence-corrected chi connectivity index (χ4v) is 5.58. The van der Waals surface area contributed by atoms with Crippen LogP contribution in [0.4, 0.5) is 19.0 Å². The van der Waals surface area contributed by atoms with E-state index in [0.717, 1.165) is 6.07 Å². The van der Waals surface area contributed by atoms with Gasteiger partial charge in [-0.15, -0.1) is 0 Å². The van der Waals surface area contributed by atoms with Crippen molar-refractivity contribution in [1.82, 2.24) is 14.5 Å². The number of aryl methyl sites for hydroxylation is 2. The van der Waals surface area contributed by atoms with E-state index in [4.69, 9.17) is 0 Å². The summed E-state index contributed by atoms with van der Waals surface area (Å²) in [5, 5.41) is 24.5. The van der Waals surface area contributed by atoms with Gasteiger partial charge in [-0.2, -0.15) is 0 Å². The molecule has 186 valence electrons. The molecule has 3 aliphatic carbocycles. The van der Waals surface area contributed by atoms with Gasteiger partial charge >= 0.3 is 0 Å². The Morgan fingerprint density at radius 2 is 1.69 bits per heavy atom. The van der Waals surface area contributed by atoms with Gasteiger partial charge in [0, 0.05) is 22.9 Å². The molecule has 3 saturated carbocycles. The van der Waals surface area contributed by atoms with Crippen molar-refractivity contribution < 1.29 is 23.4 Å². The van der Waals surface area contributed by atoms with Gasteiger partial charge in [-0.25, -0.2) is 23.1 Å². The van der Waals surface area contributed by atoms with Crippen LogP contribution in [-0.2, 0) is 5.54 Å². The molecule has 2 heterocycles. The number of halogens is 3. The van der Waals surface area contributed by atoms with E-state index in [-0.39, 0.29) is 16.9 Å². The molecule has 1 aromatic carbocycles. The standard InChI is InChI=1S/C25H27F3N4O3/c1-13-19-17(12-32(23(13)34)24-6-9-25(35,10-7-24)11-8-24)21(30-14(2)29-19)31-22(33)16-5-3-4-15(18(16)26)20(27)28/h3-5,12,20,22,33,35H,6-11H2,1-2H3,(H,29,30,31). The number of aliphatic hydroxyl groups excluding tert-OH is 1. The number of hydrogen-bond donors (Lipinski definition) is 3. The molecule has 10 heteroatoms. The largest absolute Gasteiger partial charge is 0.390 e. The summed E-state index contributed by atoms with van der Waals surface area (Å²) in [7, 11) is 0. The van der Waals surface area contributed by atoms with Crippen LogP contribution in [0, 0.1) is 19.7 Å². The van der Waals surface area contributed by atoms with Crippen molar-refractivity contribution in [1.29, 1.82) is 0 Å². The van der Waals surface area contributed by atoms with E-state index in [9.17, 15) is 28.2 Å². The summed E-state index contributed by atoms with van der Waals surface area (Å²) in [6, 6.07) is 3.44. The molecule has 3 aliphatic rings. The van der Waals surface area contributed by atoms with E-state index < -0.39 is 35.2 Å². The molecular formula is C25H27F3N4O3. The fourth-order valence-electron chi connectivity index (χ4n) is 5.58. The van der Waals surface area contributed by atoms with Crippen LogP contribution >= 0.6 is 0 Å².